The molecule has 0 spiro atoms. The second kappa shape index (κ2) is 27.1. The molecule has 0 saturated carbocycles. The molecular weight excluding hydrogens is 347 g/mol. The van der Waals surface area contributed by atoms with E-state index in [4.69, 9.17) is 0 Å². The predicted molar refractivity (Wildman–Crippen MR) is 111 cm³/mol. The van der Waals surface area contributed by atoms with E-state index in [1.165, 1.54) is 0 Å². The van der Waals surface area contributed by atoms with Crippen molar-refractivity contribution in [1.29, 1.82) is 0 Å². The van der Waals surface area contributed by atoms with Gasteiger partial charge in [-0.3, -0.25) is 0 Å². The molecule has 0 radical (unpaired) electrons. The van der Waals surface area contributed by atoms with Gasteiger partial charge in [0.05, 0.1) is 25.1 Å². The van der Waals surface area contributed by atoms with Crippen molar-refractivity contribution < 1.29 is 0 Å². The summed E-state index contributed by atoms with van der Waals surface area (Å²) in [5.74, 6) is 0. The van der Waals surface area contributed by atoms with Gasteiger partial charge in [0.15, 0.2) is 0 Å². The van der Waals surface area contributed by atoms with E-state index in [2.05, 4.69) is 70.0 Å². The Bertz CT molecular complexity index is 312. The van der Waals surface area contributed by atoms with E-state index in [9.17, 15) is 0 Å². The lowest BCUT2D eigenvalue weighted by Crippen LogP contribution is -2.13. The molecule has 0 atom stereocenters. The van der Waals surface area contributed by atoms with Crippen LogP contribution < -0.4 is 0 Å². The molecule has 0 N–H and O–H groups in total. The summed E-state index contributed by atoms with van der Waals surface area (Å²) in [5, 5.41) is 0. The minimum absolute atomic E-state index is 0. The van der Waals surface area contributed by atoms with E-state index in [0.29, 0.717) is 0 Å². The second-order valence-corrected chi connectivity index (χ2v) is 5.23. The van der Waals surface area contributed by atoms with Crippen molar-refractivity contribution in [2.75, 3.05) is 67.5 Å². The molecule has 0 aliphatic carbocycles. The maximum Gasteiger partial charge on any atom is 0.0892 e. The zero-order valence-corrected chi connectivity index (χ0v) is 17.8. The Labute approximate surface area is 161 Å². The highest BCUT2D eigenvalue weighted by atomic mass is 35.5. The first kappa shape index (κ1) is 31.1. The van der Waals surface area contributed by atoms with Gasteiger partial charge in [-0.15, -0.1) is 24.8 Å². The molecule has 0 unspecified atom stereocenters. The van der Waals surface area contributed by atoms with Crippen molar-refractivity contribution >= 4 is 36.8 Å². The summed E-state index contributed by atoms with van der Waals surface area (Å²) in [6, 6.07) is 5.28. The van der Waals surface area contributed by atoms with Gasteiger partial charge < -0.3 is 9.80 Å². The van der Waals surface area contributed by atoms with Crippen molar-refractivity contribution in [3.63, 3.8) is 0 Å². The fraction of sp³-hybridized carbons (Fsp3) is 0.875. The molecule has 0 amide bonds. The van der Waals surface area contributed by atoms with Gasteiger partial charge in [0.25, 0.3) is 0 Å². The average Bonchev–Trinajstić information content (AvgIpc) is 2.46. The normalized spacial score (nSPS) is 8.67. The molecule has 0 rings (SSSR count). The number of rotatable bonds is 10. The lowest BCUT2D eigenvalue weighted by atomic mass is 10.4. The first-order chi connectivity index (χ1) is 10.5. The van der Waals surface area contributed by atoms with E-state index in [1.54, 1.807) is 0 Å². The molecule has 0 bridgehead atoms. The SMILES string of the molecule is CCN=C=NCCCN(C)C.CCN=C=NCCCN(C)C.Cl.Cl. The van der Waals surface area contributed by atoms with Gasteiger partial charge in [0, 0.05) is 13.1 Å². The topological polar surface area (TPSA) is 55.9 Å². The Hall–Kier alpha value is -0.740. The van der Waals surface area contributed by atoms with Crippen molar-refractivity contribution in [3.05, 3.63) is 0 Å². The molecular formula is C16H36Cl2N6. The van der Waals surface area contributed by atoms with Crippen LogP contribution in [0.4, 0.5) is 0 Å². The van der Waals surface area contributed by atoms with Gasteiger partial charge in [-0.1, -0.05) is 0 Å². The fourth-order valence-corrected chi connectivity index (χ4v) is 1.27. The Kier molecular flexibility index (Phi) is 35.1. The molecule has 0 aromatic heterocycles. The van der Waals surface area contributed by atoms with Crippen LogP contribution in [0.2, 0.25) is 0 Å². The maximum atomic E-state index is 3.99. The zero-order valence-electron chi connectivity index (χ0n) is 16.2. The summed E-state index contributed by atoms with van der Waals surface area (Å²) in [4.78, 5) is 20.0. The molecule has 0 heterocycles. The standard InChI is InChI=1S/2C8H17N3.2ClH/c2*1-4-9-8-10-6-5-7-11(2)3;;/h2*4-7H2,1-3H3;2*1H. The quantitative estimate of drug-likeness (QED) is 0.430. The van der Waals surface area contributed by atoms with Gasteiger partial charge in [-0.05, 0) is 68.0 Å². The molecule has 0 fully saturated rings. The molecule has 0 aromatic rings. The third kappa shape index (κ3) is 37.5. The van der Waals surface area contributed by atoms with Crippen LogP contribution in [0.25, 0.3) is 0 Å². The van der Waals surface area contributed by atoms with E-state index in [0.717, 1.165) is 52.1 Å². The molecule has 0 aliphatic rings. The summed E-state index contributed by atoms with van der Waals surface area (Å²) in [5.41, 5.74) is 0. The Morgan fingerprint density at radius 2 is 0.958 bits per heavy atom. The van der Waals surface area contributed by atoms with Crippen LogP contribution in [-0.2, 0) is 0 Å². The van der Waals surface area contributed by atoms with Crippen LogP contribution >= 0.6 is 24.8 Å². The Morgan fingerprint density at radius 1 is 0.625 bits per heavy atom. The highest BCUT2D eigenvalue weighted by Crippen LogP contribution is 1.83. The lowest BCUT2D eigenvalue weighted by Gasteiger charge is -2.05. The first-order valence-electron chi connectivity index (χ1n) is 7.99. The molecule has 24 heavy (non-hydrogen) atoms. The smallest absolute Gasteiger partial charge is 0.0892 e. The van der Waals surface area contributed by atoms with Crippen molar-refractivity contribution in [1.82, 2.24) is 9.80 Å². The van der Waals surface area contributed by atoms with E-state index >= 15 is 0 Å². The summed E-state index contributed by atoms with van der Waals surface area (Å²) in [6.45, 7) is 9.33. The minimum atomic E-state index is 0. The number of nitrogens with zero attached hydrogens (tertiary/aromatic N) is 6. The summed E-state index contributed by atoms with van der Waals surface area (Å²) >= 11 is 0. The molecule has 0 saturated heterocycles. The van der Waals surface area contributed by atoms with Crippen molar-refractivity contribution in [3.8, 4) is 0 Å². The van der Waals surface area contributed by atoms with Gasteiger partial charge in [0.2, 0.25) is 0 Å². The van der Waals surface area contributed by atoms with E-state index < -0.39 is 0 Å². The summed E-state index contributed by atoms with van der Waals surface area (Å²) in [7, 11) is 8.24. The number of halogens is 2. The Morgan fingerprint density at radius 3 is 1.21 bits per heavy atom. The van der Waals surface area contributed by atoms with E-state index in [-0.39, 0.29) is 24.8 Å². The first-order valence-corrected chi connectivity index (χ1v) is 7.99. The average molecular weight is 383 g/mol. The third-order valence-corrected chi connectivity index (χ3v) is 2.35. The molecule has 8 heteroatoms. The molecule has 0 aliphatic heterocycles. The van der Waals surface area contributed by atoms with Crippen molar-refractivity contribution in [2.45, 2.75) is 26.7 Å². The highest BCUT2D eigenvalue weighted by Gasteiger charge is 1.87. The summed E-state index contributed by atoms with van der Waals surface area (Å²) < 4.78 is 0. The summed E-state index contributed by atoms with van der Waals surface area (Å²) in [6.07, 6.45) is 2.17. The van der Waals surface area contributed by atoms with Gasteiger partial charge in [-0.25, -0.2) is 20.0 Å². The maximum absolute atomic E-state index is 3.99. The minimum Gasteiger partial charge on any atom is -0.309 e. The van der Waals surface area contributed by atoms with Gasteiger partial charge in [-0.2, -0.15) is 0 Å². The van der Waals surface area contributed by atoms with Crippen molar-refractivity contribution in [2.24, 2.45) is 20.0 Å². The Balaban J connectivity index is -0.000000154. The van der Waals surface area contributed by atoms with Crippen LogP contribution in [0, 0.1) is 0 Å². The number of hydrogen-bond donors (Lipinski definition) is 0. The van der Waals surface area contributed by atoms with Crippen LogP contribution in [0.15, 0.2) is 20.0 Å². The number of hydrogen-bond acceptors (Lipinski definition) is 6. The fourth-order valence-electron chi connectivity index (χ4n) is 1.27. The van der Waals surface area contributed by atoms with Gasteiger partial charge in [0.1, 0.15) is 0 Å². The van der Waals surface area contributed by atoms with E-state index in [1.807, 2.05) is 13.8 Å². The third-order valence-electron chi connectivity index (χ3n) is 2.35. The molecule has 144 valence electrons. The van der Waals surface area contributed by atoms with Crippen LogP contribution in [0.1, 0.15) is 26.7 Å². The largest absolute Gasteiger partial charge is 0.309 e. The van der Waals surface area contributed by atoms with Crippen LogP contribution in [-0.4, -0.2) is 89.3 Å². The molecule has 0 aromatic carbocycles. The second-order valence-electron chi connectivity index (χ2n) is 5.23. The highest BCUT2D eigenvalue weighted by molar-refractivity contribution is 5.85. The lowest BCUT2D eigenvalue weighted by molar-refractivity contribution is 0.403. The zero-order chi connectivity index (χ0) is 17.1. The van der Waals surface area contributed by atoms with Gasteiger partial charge >= 0.3 is 0 Å². The predicted octanol–water partition coefficient (Wildman–Crippen LogP) is 3.11. The monoisotopic (exact) mass is 382 g/mol. The molecule has 6 nitrogen and oxygen atoms in total. The van der Waals surface area contributed by atoms with Crippen LogP contribution in [0.3, 0.4) is 0 Å². The van der Waals surface area contributed by atoms with Crippen LogP contribution in [0.5, 0.6) is 0 Å². The number of aliphatic imine (C=N–C) groups is 4.